The number of hydrogen-bond acceptors (Lipinski definition) is 2. The van der Waals surface area contributed by atoms with Crippen LogP contribution in [0.5, 0.6) is 0 Å². The monoisotopic (exact) mass is 241 g/mol. The normalized spacial score (nSPS) is 12.4. The molecule has 0 bridgehead atoms. The summed E-state index contributed by atoms with van der Waals surface area (Å²) >= 11 is 0. The molecule has 6 heteroatoms. The number of nitrogens with zero attached hydrogens (tertiary/aromatic N) is 1. The molecule has 0 rings (SSSR count). The maximum Gasteiger partial charge on any atom is 0.401 e. The van der Waals surface area contributed by atoms with Crippen molar-refractivity contribution < 1.29 is 23.1 Å². The summed E-state index contributed by atoms with van der Waals surface area (Å²) in [5.74, 6) is -0.814. The van der Waals surface area contributed by atoms with Gasteiger partial charge in [-0.15, -0.1) is 0 Å². The van der Waals surface area contributed by atoms with E-state index in [4.69, 9.17) is 5.11 Å². The molecule has 0 aliphatic carbocycles. The van der Waals surface area contributed by atoms with E-state index in [1.807, 2.05) is 13.8 Å². The van der Waals surface area contributed by atoms with Crippen molar-refractivity contribution in [1.82, 2.24) is 4.90 Å². The van der Waals surface area contributed by atoms with E-state index in [-0.39, 0.29) is 6.54 Å². The summed E-state index contributed by atoms with van der Waals surface area (Å²) in [4.78, 5) is 11.3. The van der Waals surface area contributed by atoms with Crippen molar-refractivity contribution >= 4 is 5.97 Å². The molecular weight excluding hydrogens is 223 g/mol. The van der Waals surface area contributed by atoms with Gasteiger partial charge < -0.3 is 5.11 Å². The lowest BCUT2D eigenvalue weighted by molar-refractivity contribution is -0.154. The predicted octanol–water partition coefficient (Wildman–Crippen LogP) is 2.37. The molecule has 0 radical (unpaired) electrons. The number of alkyl halides is 3. The van der Waals surface area contributed by atoms with Crippen LogP contribution in [0, 0.1) is 5.92 Å². The average molecular weight is 241 g/mol. The first-order valence-electron chi connectivity index (χ1n) is 5.21. The summed E-state index contributed by atoms with van der Waals surface area (Å²) < 4.78 is 36.3. The Morgan fingerprint density at radius 2 is 1.94 bits per heavy atom. The van der Waals surface area contributed by atoms with Crippen molar-refractivity contribution in [3.8, 4) is 0 Å². The van der Waals surface area contributed by atoms with E-state index >= 15 is 0 Å². The minimum atomic E-state index is -4.34. The highest BCUT2D eigenvalue weighted by molar-refractivity contribution is 5.69. The number of hydrogen-bond donors (Lipinski definition) is 1. The van der Waals surface area contributed by atoms with Crippen LogP contribution >= 0.6 is 0 Å². The van der Waals surface area contributed by atoms with Crippen molar-refractivity contribution in [1.29, 1.82) is 0 Å². The molecule has 16 heavy (non-hydrogen) atoms. The summed E-state index contributed by atoms with van der Waals surface area (Å²) in [6, 6.07) is 0. The molecule has 0 atom stereocenters. The standard InChI is InChI=1S/C10H18F3NO2/c1-8(2)4-3-5-14(6-9(15)16)7-10(11,12)13/h8H,3-7H2,1-2H3,(H,15,16). The second kappa shape index (κ2) is 6.73. The number of rotatable bonds is 7. The first kappa shape index (κ1) is 15.2. The molecule has 0 aromatic carbocycles. The molecule has 0 saturated carbocycles. The highest BCUT2D eigenvalue weighted by Crippen LogP contribution is 2.17. The molecule has 0 aromatic rings. The fourth-order valence-electron chi connectivity index (χ4n) is 1.38. The highest BCUT2D eigenvalue weighted by Gasteiger charge is 2.31. The van der Waals surface area contributed by atoms with Crippen LogP contribution in [0.3, 0.4) is 0 Å². The van der Waals surface area contributed by atoms with Crippen LogP contribution in [0.4, 0.5) is 13.2 Å². The van der Waals surface area contributed by atoms with Gasteiger partial charge in [0, 0.05) is 0 Å². The molecule has 0 amide bonds. The van der Waals surface area contributed by atoms with Gasteiger partial charge in [-0.3, -0.25) is 9.69 Å². The Morgan fingerprint density at radius 3 is 2.31 bits per heavy atom. The van der Waals surface area contributed by atoms with Gasteiger partial charge in [0.15, 0.2) is 0 Å². The first-order chi connectivity index (χ1) is 7.20. The molecule has 0 aliphatic heterocycles. The van der Waals surface area contributed by atoms with Crippen LogP contribution < -0.4 is 0 Å². The maximum absolute atomic E-state index is 12.1. The van der Waals surface area contributed by atoms with Crippen LogP contribution in [0.2, 0.25) is 0 Å². The third-order valence-electron chi connectivity index (χ3n) is 2.02. The third kappa shape index (κ3) is 9.76. The molecule has 96 valence electrons. The van der Waals surface area contributed by atoms with Crippen molar-refractivity contribution in [3.05, 3.63) is 0 Å². The molecule has 0 aromatic heterocycles. The minimum absolute atomic E-state index is 0.171. The Morgan fingerprint density at radius 1 is 1.38 bits per heavy atom. The fourth-order valence-corrected chi connectivity index (χ4v) is 1.38. The number of carboxylic acid groups (broad SMARTS) is 1. The molecule has 0 spiro atoms. The molecule has 0 saturated heterocycles. The van der Waals surface area contributed by atoms with E-state index in [1.54, 1.807) is 0 Å². The molecule has 0 unspecified atom stereocenters. The van der Waals surface area contributed by atoms with Crippen molar-refractivity contribution in [2.45, 2.75) is 32.9 Å². The topological polar surface area (TPSA) is 40.5 Å². The van der Waals surface area contributed by atoms with Gasteiger partial charge in [-0.25, -0.2) is 0 Å². The zero-order chi connectivity index (χ0) is 12.8. The Bertz CT molecular complexity index is 217. The van der Waals surface area contributed by atoms with E-state index < -0.39 is 25.2 Å². The Balaban J connectivity index is 4.05. The molecular formula is C10H18F3NO2. The Kier molecular flexibility index (Phi) is 6.40. The molecule has 3 nitrogen and oxygen atoms in total. The maximum atomic E-state index is 12.1. The summed E-state index contributed by atoms with van der Waals surface area (Å²) in [5.41, 5.74) is 0. The summed E-state index contributed by atoms with van der Waals surface area (Å²) in [5, 5.41) is 8.48. The molecule has 0 heterocycles. The van der Waals surface area contributed by atoms with Gasteiger partial charge in [-0.05, 0) is 25.3 Å². The van der Waals surface area contributed by atoms with Crippen LogP contribution in [0.25, 0.3) is 0 Å². The van der Waals surface area contributed by atoms with Gasteiger partial charge >= 0.3 is 12.1 Å². The predicted molar refractivity (Wildman–Crippen MR) is 54.2 cm³/mol. The quantitative estimate of drug-likeness (QED) is 0.744. The zero-order valence-electron chi connectivity index (χ0n) is 9.55. The van der Waals surface area contributed by atoms with Crippen molar-refractivity contribution in [2.24, 2.45) is 5.92 Å². The van der Waals surface area contributed by atoms with Crippen LogP contribution in [-0.4, -0.2) is 41.8 Å². The third-order valence-corrected chi connectivity index (χ3v) is 2.02. The smallest absolute Gasteiger partial charge is 0.401 e. The van der Waals surface area contributed by atoms with Crippen molar-refractivity contribution in [3.63, 3.8) is 0 Å². The zero-order valence-corrected chi connectivity index (χ0v) is 9.55. The van der Waals surface area contributed by atoms with E-state index in [1.165, 1.54) is 0 Å². The van der Waals surface area contributed by atoms with Crippen LogP contribution in [0.15, 0.2) is 0 Å². The van der Waals surface area contributed by atoms with E-state index in [0.29, 0.717) is 12.3 Å². The Labute approximate surface area is 93.2 Å². The lowest BCUT2D eigenvalue weighted by Gasteiger charge is -2.21. The largest absolute Gasteiger partial charge is 0.480 e. The van der Waals surface area contributed by atoms with Crippen molar-refractivity contribution in [2.75, 3.05) is 19.6 Å². The first-order valence-corrected chi connectivity index (χ1v) is 5.21. The summed E-state index contributed by atoms with van der Waals surface area (Å²) in [6.07, 6.45) is -2.96. The average Bonchev–Trinajstić information content (AvgIpc) is 1.98. The lowest BCUT2D eigenvalue weighted by atomic mass is 10.1. The number of halogens is 3. The van der Waals surface area contributed by atoms with E-state index in [9.17, 15) is 18.0 Å². The van der Waals surface area contributed by atoms with E-state index in [0.717, 1.165) is 11.3 Å². The Hall–Kier alpha value is -0.780. The second-order valence-corrected chi connectivity index (χ2v) is 4.26. The van der Waals surface area contributed by atoms with E-state index in [2.05, 4.69) is 0 Å². The summed E-state index contributed by atoms with van der Waals surface area (Å²) in [6.45, 7) is 2.41. The number of aliphatic carboxylic acids is 1. The fraction of sp³-hybridized carbons (Fsp3) is 0.900. The van der Waals surface area contributed by atoms with Gasteiger partial charge in [0.2, 0.25) is 0 Å². The summed E-state index contributed by atoms with van der Waals surface area (Å²) in [7, 11) is 0. The minimum Gasteiger partial charge on any atom is -0.480 e. The SMILES string of the molecule is CC(C)CCCN(CC(=O)O)CC(F)(F)F. The lowest BCUT2D eigenvalue weighted by Crippen LogP contribution is -2.38. The number of carboxylic acids is 1. The second-order valence-electron chi connectivity index (χ2n) is 4.26. The van der Waals surface area contributed by atoms with Gasteiger partial charge in [0.05, 0.1) is 13.1 Å². The van der Waals surface area contributed by atoms with Gasteiger partial charge in [-0.1, -0.05) is 13.8 Å². The number of carbonyl (C=O) groups is 1. The van der Waals surface area contributed by atoms with Crippen LogP contribution in [-0.2, 0) is 4.79 Å². The van der Waals surface area contributed by atoms with Gasteiger partial charge in [0.1, 0.15) is 0 Å². The van der Waals surface area contributed by atoms with Crippen LogP contribution in [0.1, 0.15) is 26.7 Å². The van der Waals surface area contributed by atoms with Gasteiger partial charge in [0.25, 0.3) is 0 Å². The highest BCUT2D eigenvalue weighted by atomic mass is 19.4. The molecule has 1 N–H and O–H groups in total. The van der Waals surface area contributed by atoms with Gasteiger partial charge in [-0.2, -0.15) is 13.2 Å². The molecule has 0 fully saturated rings. The molecule has 0 aliphatic rings.